The molecule has 6 nitrogen and oxygen atoms in total. The maximum atomic E-state index is 12.5. The molecule has 2 aromatic heterocycles. The number of nitrogens with zero attached hydrogens (tertiary/aromatic N) is 2. The van der Waals surface area contributed by atoms with Gasteiger partial charge in [-0.3, -0.25) is 4.79 Å². The van der Waals surface area contributed by atoms with Crippen LogP contribution >= 0.6 is 0 Å². The number of sulfonamides is 1. The van der Waals surface area contributed by atoms with Crippen LogP contribution in [0.2, 0.25) is 0 Å². The van der Waals surface area contributed by atoms with E-state index in [0.29, 0.717) is 17.9 Å². The van der Waals surface area contributed by atoms with Crippen molar-refractivity contribution in [1.29, 1.82) is 0 Å². The number of carbonyl (C=O) groups excluding carboxylic acids is 1. The van der Waals surface area contributed by atoms with Crippen LogP contribution in [0.1, 0.15) is 36.0 Å². The van der Waals surface area contributed by atoms with E-state index in [4.69, 9.17) is 0 Å². The molecule has 2 fully saturated rings. The second kappa shape index (κ2) is 4.81. The van der Waals surface area contributed by atoms with Crippen LogP contribution in [0.3, 0.4) is 0 Å². The zero-order valence-electron chi connectivity index (χ0n) is 12.0. The van der Waals surface area contributed by atoms with Crippen LogP contribution in [-0.2, 0) is 10.0 Å². The van der Waals surface area contributed by atoms with Crippen molar-refractivity contribution in [2.24, 2.45) is 11.8 Å². The van der Waals surface area contributed by atoms with Crippen molar-refractivity contribution in [2.45, 2.75) is 30.9 Å². The quantitative estimate of drug-likeness (QED) is 0.931. The fraction of sp³-hybridized carbons (Fsp3) is 0.467. The number of nitrogens with one attached hydrogen (secondary N) is 1. The van der Waals surface area contributed by atoms with Gasteiger partial charge in [0, 0.05) is 6.20 Å². The molecule has 2 heterocycles. The molecule has 1 unspecified atom stereocenters. The topological polar surface area (TPSA) is 80.5 Å². The average Bonchev–Trinajstić information content (AvgIpc) is 3.21. The third-order valence-corrected chi connectivity index (χ3v) is 6.82. The molecule has 0 saturated heterocycles. The Kier molecular flexibility index (Phi) is 3.00. The number of hydrogen-bond donors (Lipinski definition) is 1. The summed E-state index contributed by atoms with van der Waals surface area (Å²) in [5.41, 5.74) is 0.885. The summed E-state index contributed by atoms with van der Waals surface area (Å²) in [5.74, 6) is 0.127. The second-order valence-electron chi connectivity index (χ2n) is 6.28. The summed E-state index contributed by atoms with van der Waals surface area (Å²) in [6.45, 7) is 0. The predicted octanol–water partition coefficient (Wildman–Crippen LogP) is 1.58. The number of pyridine rings is 1. The molecule has 2 saturated carbocycles. The fourth-order valence-electron chi connectivity index (χ4n) is 3.94. The maximum Gasteiger partial charge on any atom is 0.268 e. The SMILES string of the molecule is O=C(NS(=O)(=O)C1C[C@@H]2CC[C@H]1C2)c1cnn2ccccc12. The van der Waals surface area contributed by atoms with Crippen LogP contribution < -0.4 is 4.72 Å². The Morgan fingerprint density at radius 2 is 2.14 bits per heavy atom. The number of amides is 1. The molecule has 116 valence electrons. The first kappa shape index (κ1) is 13.8. The van der Waals surface area contributed by atoms with Crippen molar-refractivity contribution in [2.75, 3.05) is 0 Å². The number of rotatable bonds is 3. The third kappa shape index (κ3) is 2.11. The van der Waals surface area contributed by atoms with Crippen LogP contribution in [0.4, 0.5) is 0 Å². The smallest absolute Gasteiger partial charge is 0.268 e. The van der Waals surface area contributed by atoms with E-state index in [0.717, 1.165) is 19.3 Å². The number of hydrogen-bond acceptors (Lipinski definition) is 4. The van der Waals surface area contributed by atoms with Gasteiger partial charge in [-0.2, -0.15) is 5.10 Å². The monoisotopic (exact) mass is 319 g/mol. The standard InChI is InChI=1S/C15H17N3O3S/c19-15(12-9-16-18-6-2-1-3-13(12)18)17-22(20,21)14-8-10-4-5-11(14)7-10/h1-3,6,9-11,14H,4-5,7-8H2,(H,17,19)/t10-,11+,14?/m1/s1. The Hall–Kier alpha value is -1.89. The van der Waals surface area contributed by atoms with Crippen LogP contribution in [0, 0.1) is 11.8 Å². The van der Waals surface area contributed by atoms with E-state index in [1.54, 1.807) is 28.9 Å². The molecule has 1 amide bonds. The molecule has 1 N–H and O–H groups in total. The molecule has 3 atom stereocenters. The molecule has 0 aromatic carbocycles. The molecular formula is C15H17N3O3S. The molecule has 2 aromatic rings. The van der Waals surface area contributed by atoms with Gasteiger partial charge in [0.2, 0.25) is 10.0 Å². The van der Waals surface area contributed by atoms with Gasteiger partial charge in [0.1, 0.15) is 0 Å². The Morgan fingerprint density at radius 1 is 1.27 bits per heavy atom. The van der Waals surface area contributed by atoms with Crippen molar-refractivity contribution in [3.05, 3.63) is 36.2 Å². The summed E-state index contributed by atoms with van der Waals surface area (Å²) < 4.78 is 28.8. The van der Waals surface area contributed by atoms with E-state index in [1.807, 2.05) is 0 Å². The normalized spacial score (nSPS) is 27.4. The lowest BCUT2D eigenvalue weighted by Gasteiger charge is -2.21. The molecule has 2 aliphatic rings. The highest BCUT2D eigenvalue weighted by atomic mass is 32.2. The molecular weight excluding hydrogens is 302 g/mol. The Labute approximate surface area is 128 Å². The zero-order valence-corrected chi connectivity index (χ0v) is 12.8. The van der Waals surface area contributed by atoms with Gasteiger partial charge in [0.15, 0.2) is 0 Å². The molecule has 0 radical (unpaired) electrons. The van der Waals surface area contributed by atoms with Gasteiger partial charge in [-0.15, -0.1) is 0 Å². The lowest BCUT2D eigenvalue weighted by Crippen LogP contribution is -2.40. The summed E-state index contributed by atoms with van der Waals surface area (Å²) in [5, 5.41) is 3.65. The fourth-order valence-corrected chi connectivity index (χ4v) is 5.73. The Bertz CT molecular complexity index is 843. The first-order valence-corrected chi connectivity index (χ1v) is 9.07. The van der Waals surface area contributed by atoms with Crippen LogP contribution in [0.25, 0.3) is 5.52 Å². The van der Waals surface area contributed by atoms with E-state index >= 15 is 0 Å². The van der Waals surface area contributed by atoms with Gasteiger partial charge in [-0.25, -0.2) is 17.7 Å². The number of aromatic nitrogens is 2. The van der Waals surface area contributed by atoms with Crippen molar-refractivity contribution in [1.82, 2.24) is 14.3 Å². The summed E-state index contributed by atoms with van der Waals surface area (Å²) >= 11 is 0. The van der Waals surface area contributed by atoms with E-state index in [1.165, 1.54) is 6.20 Å². The molecule has 4 rings (SSSR count). The zero-order chi connectivity index (χ0) is 15.3. The lowest BCUT2D eigenvalue weighted by molar-refractivity contribution is 0.0982. The highest BCUT2D eigenvalue weighted by Crippen LogP contribution is 2.47. The molecule has 2 bridgehead atoms. The van der Waals surface area contributed by atoms with Crippen LogP contribution in [-0.4, -0.2) is 29.2 Å². The Morgan fingerprint density at radius 3 is 2.86 bits per heavy atom. The third-order valence-electron chi connectivity index (χ3n) is 4.98. The lowest BCUT2D eigenvalue weighted by atomic mass is 10.0. The molecule has 22 heavy (non-hydrogen) atoms. The van der Waals surface area contributed by atoms with Crippen LogP contribution in [0.15, 0.2) is 30.6 Å². The minimum absolute atomic E-state index is 0.208. The van der Waals surface area contributed by atoms with Crippen molar-refractivity contribution >= 4 is 21.4 Å². The van der Waals surface area contributed by atoms with Gasteiger partial charge in [-0.05, 0) is 43.2 Å². The van der Waals surface area contributed by atoms with E-state index < -0.39 is 21.2 Å². The highest BCUT2D eigenvalue weighted by molar-refractivity contribution is 7.90. The first-order chi connectivity index (χ1) is 10.5. The predicted molar refractivity (Wildman–Crippen MR) is 80.8 cm³/mol. The van der Waals surface area contributed by atoms with Crippen molar-refractivity contribution in [3.63, 3.8) is 0 Å². The summed E-state index contributed by atoms with van der Waals surface area (Å²) in [6, 6.07) is 5.33. The van der Waals surface area contributed by atoms with Crippen molar-refractivity contribution in [3.8, 4) is 0 Å². The second-order valence-corrected chi connectivity index (χ2v) is 8.18. The maximum absolute atomic E-state index is 12.5. The Balaban J connectivity index is 1.59. The first-order valence-electron chi connectivity index (χ1n) is 7.53. The van der Waals surface area contributed by atoms with Gasteiger partial charge in [0.25, 0.3) is 5.91 Å². The summed E-state index contributed by atoms with van der Waals surface area (Å²) in [4.78, 5) is 12.4. The van der Waals surface area contributed by atoms with E-state index in [-0.39, 0.29) is 11.5 Å². The molecule has 7 heteroatoms. The molecule has 2 aliphatic carbocycles. The number of carbonyl (C=O) groups is 1. The van der Waals surface area contributed by atoms with Crippen LogP contribution in [0.5, 0.6) is 0 Å². The minimum atomic E-state index is -3.62. The molecule has 0 spiro atoms. The largest absolute Gasteiger partial charge is 0.268 e. The van der Waals surface area contributed by atoms with Gasteiger partial charge in [-0.1, -0.05) is 12.5 Å². The average molecular weight is 319 g/mol. The minimum Gasteiger partial charge on any atom is -0.268 e. The summed E-state index contributed by atoms with van der Waals surface area (Å²) in [6.07, 6.45) is 6.87. The van der Waals surface area contributed by atoms with Gasteiger partial charge >= 0.3 is 0 Å². The summed E-state index contributed by atoms with van der Waals surface area (Å²) in [7, 11) is -3.62. The number of fused-ring (bicyclic) bond motifs is 3. The van der Waals surface area contributed by atoms with Gasteiger partial charge < -0.3 is 0 Å². The van der Waals surface area contributed by atoms with Crippen molar-refractivity contribution < 1.29 is 13.2 Å². The highest BCUT2D eigenvalue weighted by Gasteiger charge is 2.46. The van der Waals surface area contributed by atoms with E-state index in [2.05, 4.69) is 9.82 Å². The van der Waals surface area contributed by atoms with Gasteiger partial charge in [0.05, 0.1) is 22.5 Å². The van der Waals surface area contributed by atoms with E-state index in [9.17, 15) is 13.2 Å². The molecule has 0 aliphatic heterocycles.